The van der Waals surface area contributed by atoms with Crippen LogP contribution in [0.4, 0.5) is 0 Å². The first-order valence-corrected chi connectivity index (χ1v) is 3.95. The average Bonchev–Trinajstić information content (AvgIpc) is 2.07. The molecule has 0 bridgehead atoms. The Balaban J connectivity index is 0.000000354. The standard InChI is InChI=1S/C6H6ClNO.C2H6O/c7-6-5(4-9)2-1-3-8-6;1-2-3/h1-3,9H,4H2;3H,2H2,1H3. The summed E-state index contributed by atoms with van der Waals surface area (Å²) in [6, 6.07) is 3.47. The van der Waals surface area contributed by atoms with E-state index >= 15 is 0 Å². The van der Waals surface area contributed by atoms with Gasteiger partial charge in [-0.25, -0.2) is 4.98 Å². The number of aliphatic hydroxyl groups excluding tert-OH is 2. The number of pyridine rings is 1. The van der Waals surface area contributed by atoms with Gasteiger partial charge in [-0.3, -0.25) is 0 Å². The molecule has 12 heavy (non-hydrogen) atoms. The van der Waals surface area contributed by atoms with Crippen LogP contribution in [0.25, 0.3) is 0 Å². The molecule has 0 spiro atoms. The average molecular weight is 190 g/mol. The number of halogens is 1. The molecule has 0 saturated heterocycles. The highest BCUT2D eigenvalue weighted by Gasteiger charge is 1.94. The van der Waals surface area contributed by atoms with E-state index in [0.717, 1.165) is 0 Å². The van der Waals surface area contributed by atoms with E-state index < -0.39 is 0 Å². The molecular weight excluding hydrogens is 178 g/mol. The van der Waals surface area contributed by atoms with Crippen molar-refractivity contribution >= 4 is 11.6 Å². The van der Waals surface area contributed by atoms with Crippen LogP contribution in [0.5, 0.6) is 0 Å². The summed E-state index contributed by atoms with van der Waals surface area (Å²) in [5.74, 6) is 0. The van der Waals surface area contributed by atoms with Crippen molar-refractivity contribution in [2.75, 3.05) is 6.61 Å². The Hall–Kier alpha value is -0.640. The summed E-state index contributed by atoms with van der Waals surface area (Å²) in [5, 5.41) is 16.5. The molecule has 0 amide bonds. The fraction of sp³-hybridized carbons (Fsp3) is 0.375. The molecule has 1 rings (SSSR count). The molecule has 1 heterocycles. The van der Waals surface area contributed by atoms with Crippen LogP contribution in [0.15, 0.2) is 18.3 Å². The predicted molar refractivity (Wildman–Crippen MR) is 47.9 cm³/mol. The Labute approximate surface area is 76.6 Å². The van der Waals surface area contributed by atoms with Gasteiger partial charge in [0, 0.05) is 18.4 Å². The van der Waals surface area contributed by atoms with E-state index in [1.54, 1.807) is 25.3 Å². The topological polar surface area (TPSA) is 53.4 Å². The van der Waals surface area contributed by atoms with E-state index in [1.165, 1.54) is 0 Å². The van der Waals surface area contributed by atoms with Crippen LogP contribution < -0.4 is 0 Å². The second-order valence-corrected chi connectivity index (χ2v) is 2.29. The van der Waals surface area contributed by atoms with E-state index in [0.29, 0.717) is 10.7 Å². The summed E-state index contributed by atoms with van der Waals surface area (Å²) in [6.45, 7) is 1.88. The van der Waals surface area contributed by atoms with Crippen molar-refractivity contribution in [3.8, 4) is 0 Å². The molecule has 0 atom stereocenters. The van der Waals surface area contributed by atoms with Crippen molar-refractivity contribution in [2.45, 2.75) is 13.5 Å². The Morgan fingerprint density at radius 2 is 2.08 bits per heavy atom. The van der Waals surface area contributed by atoms with Gasteiger partial charge in [-0.05, 0) is 13.0 Å². The highest BCUT2D eigenvalue weighted by Crippen LogP contribution is 2.09. The smallest absolute Gasteiger partial charge is 0.134 e. The van der Waals surface area contributed by atoms with Crippen LogP contribution in [0.2, 0.25) is 5.15 Å². The van der Waals surface area contributed by atoms with Crippen molar-refractivity contribution in [3.05, 3.63) is 29.0 Å². The zero-order valence-electron chi connectivity index (χ0n) is 6.87. The van der Waals surface area contributed by atoms with Crippen molar-refractivity contribution in [1.29, 1.82) is 0 Å². The van der Waals surface area contributed by atoms with Crippen LogP contribution in [0.3, 0.4) is 0 Å². The molecule has 2 N–H and O–H groups in total. The first kappa shape index (κ1) is 11.4. The summed E-state index contributed by atoms with van der Waals surface area (Å²) >= 11 is 5.55. The maximum absolute atomic E-state index is 8.59. The minimum atomic E-state index is -0.0489. The first-order chi connectivity index (χ1) is 5.76. The number of hydrogen-bond donors (Lipinski definition) is 2. The fourth-order valence-corrected chi connectivity index (χ4v) is 0.716. The quantitative estimate of drug-likeness (QED) is 0.654. The lowest BCUT2D eigenvalue weighted by molar-refractivity contribution is 0.281. The van der Waals surface area contributed by atoms with E-state index in [-0.39, 0.29) is 13.2 Å². The van der Waals surface area contributed by atoms with Crippen molar-refractivity contribution in [1.82, 2.24) is 4.98 Å². The lowest BCUT2D eigenvalue weighted by Crippen LogP contribution is -1.85. The Morgan fingerprint density at radius 3 is 2.42 bits per heavy atom. The van der Waals surface area contributed by atoms with Gasteiger partial charge in [-0.1, -0.05) is 17.7 Å². The van der Waals surface area contributed by atoms with E-state index in [4.69, 9.17) is 21.8 Å². The molecule has 1 aromatic heterocycles. The monoisotopic (exact) mass is 189 g/mol. The molecule has 0 unspecified atom stereocenters. The van der Waals surface area contributed by atoms with Gasteiger partial charge in [-0.15, -0.1) is 0 Å². The maximum Gasteiger partial charge on any atom is 0.134 e. The molecule has 0 radical (unpaired) electrons. The third-order valence-corrected chi connectivity index (χ3v) is 1.35. The van der Waals surface area contributed by atoms with Gasteiger partial charge in [0.05, 0.1) is 6.61 Å². The zero-order valence-corrected chi connectivity index (χ0v) is 7.62. The molecule has 0 aliphatic rings. The van der Waals surface area contributed by atoms with Gasteiger partial charge in [0.15, 0.2) is 0 Å². The largest absolute Gasteiger partial charge is 0.397 e. The molecule has 4 heteroatoms. The SMILES string of the molecule is CCO.OCc1cccnc1Cl. The molecular formula is C8H12ClNO2. The van der Waals surface area contributed by atoms with Crippen LogP contribution in [-0.4, -0.2) is 21.8 Å². The Kier molecular flexibility index (Phi) is 6.66. The fourth-order valence-electron chi connectivity index (χ4n) is 0.537. The highest BCUT2D eigenvalue weighted by molar-refractivity contribution is 6.30. The van der Waals surface area contributed by atoms with Gasteiger partial charge in [-0.2, -0.15) is 0 Å². The van der Waals surface area contributed by atoms with E-state index in [1.807, 2.05) is 0 Å². The van der Waals surface area contributed by atoms with Crippen LogP contribution >= 0.6 is 11.6 Å². The van der Waals surface area contributed by atoms with Crippen molar-refractivity contribution in [2.24, 2.45) is 0 Å². The number of hydrogen-bond acceptors (Lipinski definition) is 3. The predicted octanol–water partition coefficient (Wildman–Crippen LogP) is 1.23. The molecule has 0 aliphatic carbocycles. The second-order valence-electron chi connectivity index (χ2n) is 1.93. The Bertz CT molecular complexity index is 218. The third-order valence-electron chi connectivity index (χ3n) is 1.01. The van der Waals surface area contributed by atoms with Gasteiger partial charge in [0.1, 0.15) is 5.15 Å². The van der Waals surface area contributed by atoms with Gasteiger partial charge < -0.3 is 10.2 Å². The van der Waals surface area contributed by atoms with E-state index in [2.05, 4.69) is 4.98 Å². The number of nitrogens with zero attached hydrogens (tertiary/aromatic N) is 1. The molecule has 0 saturated carbocycles. The van der Waals surface area contributed by atoms with Crippen molar-refractivity contribution < 1.29 is 10.2 Å². The van der Waals surface area contributed by atoms with E-state index in [9.17, 15) is 0 Å². The molecule has 0 aliphatic heterocycles. The maximum atomic E-state index is 8.59. The number of aromatic nitrogens is 1. The second kappa shape index (κ2) is 7.03. The van der Waals surface area contributed by atoms with Gasteiger partial charge >= 0.3 is 0 Å². The lowest BCUT2D eigenvalue weighted by atomic mass is 10.3. The van der Waals surface area contributed by atoms with Crippen LogP contribution in [0.1, 0.15) is 12.5 Å². The summed E-state index contributed by atoms with van der Waals surface area (Å²) in [5.41, 5.74) is 0.666. The van der Waals surface area contributed by atoms with Gasteiger partial charge in [0.25, 0.3) is 0 Å². The minimum absolute atomic E-state index is 0.0489. The summed E-state index contributed by atoms with van der Waals surface area (Å²) in [4.78, 5) is 3.76. The third kappa shape index (κ3) is 4.28. The highest BCUT2D eigenvalue weighted by atomic mass is 35.5. The molecule has 0 fully saturated rings. The first-order valence-electron chi connectivity index (χ1n) is 3.57. The van der Waals surface area contributed by atoms with Crippen molar-refractivity contribution in [3.63, 3.8) is 0 Å². The molecule has 1 aromatic rings. The summed E-state index contributed by atoms with van der Waals surface area (Å²) in [7, 11) is 0. The van der Waals surface area contributed by atoms with Crippen LogP contribution in [0, 0.1) is 0 Å². The minimum Gasteiger partial charge on any atom is -0.397 e. The number of rotatable bonds is 1. The summed E-state index contributed by atoms with van der Waals surface area (Å²) in [6.07, 6.45) is 1.58. The Morgan fingerprint density at radius 1 is 1.50 bits per heavy atom. The lowest BCUT2D eigenvalue weighted by Gasteiger charge is -1.94. The van der Waals surface area contributed by atoms with Gasteiger partial charge in [0.2, 0.25) is 0 Å². The zero-order chi connectivity index (χ0) is 9.40. The number of aliphatic hydroxyl groups is 2. The summed E-state index contributed by atoms with van der Waals surface area (Å²) < 4.78 is 0. The molecule has 68 valence electrons. The molecule has 0 aromatic carbocycles. The molecule has 3 nitrogen and oxygen atoms in total. The normalized spacial score (nSPS) is 8.67. The van der Waals surface area contributed by atoms with Crippen LogP contribution in [-0.2, 0) is 6.61 Å².